The molecule has 0 spiro atoms. The Balaban J connectivity index is 2.59. The van der Waals surface area contributed by atoms with Crippen LogP contribution in [0.5, 0.6) is 0 Å². The third-order valence-electron chi connectivity index (χ3n) is 2.07. The zero-order chi connectivity index (χ0) is 10.8. The van der Waals surface area contributed by atoms with E-state index in [-0.39, 0.29) is 0 Å². The predicted octanol–water partition coefficient (Wildman–Crippen LogP) is 3.64. The van der Waals surface area contributed by atoms with Gasteiger partial charge in [0.2, 0.25) is 0 Å². The smallest absolute Gasteiger partial charge is 0.0824 e. The number of benzene rings is 1. The Kier molecular flexibility index (Phi) is 2.80. The van der Waals surface area contributed by atoms with E-state index in [9.17, 15) is 0 Å². The molecule has 0 aliphatic carbocycles. The van der Waals surface area contributed by atoms with Crippen molar-refractivity contribution in [2.24, 2.45) is 0 Å². The molecule has 2 N–H and O–H groups in total. The topological polar surface area (TPSA) is 38.9 Å². The van der Waals surface area contributed by atoms with Gasteiger partial charge in [-0.3, -0.25) is 4.98 Å². The summed E-state index contributed by atoms with van der Waals surface area (Å²) in [6.07, 6.45) is 3.19. The number of nitrogens with two attached hydrogens (primary N) is 1. The first-order valence-corrected chi connectivity index (χ1v) is 5.09. The molecule has 0 fully saturated rings. The molecule has 0 aliphatic rings. The Labute approximate surface area is 97.7 Å². The van der Waals surface area contributed by atoms with Gasteiger partial charge in [0.05, 0.1) is 10.7 Å². The summed E-state index contributed by atoms with van der Waals surface area (Å²) in [4.78, 5) is 4.00. The highest BCUT2D eigenvalue weighted by atomic mass is 35.5. The van der Waals surface area contributed by atoms with Gasteiger partial charge in [0.15, 0.2) is 0 Å². The summed E-state index contributed by atoms with van der Waals surface area (Å²) >= 11 is 11.8. The van der Waals surface area contributed by atoms with E-state index in [4.69, 9.17) is 28.9 Å². The van der Waals surface area contributed by atoms with Crippen molar-refractivity contribution in [2.75, 3.05) is 5.73 Å². The van der Waals surface area contributed by atoms with Crippen molar-refractivity contribution >= 4 is 28.9 Å². The molecule has 1 aromatic carbocycles. The number of rotatable bonds is 1. The lowest BCUT2D eigenvalue weighted by Crippen LogP contribution is -1.92. The predicted molar refractivity (Wildman–Crippen MR) is 64.1 cm³/mol. The van der Waals surface area contributed by atoms with E-state index in [1.165, 1.54) is 6.20 Å². The summed E-state index contributed by atoms with van der Waals surface area (Å²) < 4.78 is 0. The average molecular weight is 239 g/mol. The lowest BCUT2D eigenvalue weighted by molar-refractivity contribution is 1.33. The Morgan fingerprint density at radius 3 is 2.67 bits per heavy atom. The fourth-order valence-electron chi connectivity index (χ4n) is 1.33. The molecule has 15 heavy (non-hydrogen) atoms. The Morgan fingerprint density at radius 2 is 1.93 bits per heavy atom. The summed E-state index contributed by atoms with van der Waals surface area (Å²) in [6.45, 7) is 0. The number of nitrogens with zero attached hydrogens (tertiary/aromatic N) is 1. The third kappa shape index (κ3) is 2.06. The molecule has 76 valence electrons. The summed E-state index contributed by atoms with van der Waals surface area (Å²) in [5, 5.41) is 1.11. The van der Waals surface area contributed by atoms with Crippen molar-refractivity contribution in [2.45, 2.75) is 0 Å². The van der Waals surface area contributed by atoms with Gasteiger partial charge >= 0.3 is 0 Å². The number of hydrogen-bond donors (Lipinski definition) is 1. The summed E-state index contributed by atoms with van der Waals surface area (Å²) in [5.74, 6) is 0. The van der Waals surface area contributed by atoms with Gasteiger partial charge in [-0.2, -0.15) is 0 Å². The molecule has 1 aromatic heterocycles. The maximum Gasteiger partial charge on any atom is 0.0824 e. The van der Waals surface area contributed by atoms with Gasteiger partial charge in [0, 0.05) is 23.0 Å². The monoisotopic (exact) mass is 238 g/mol. The van der Waals surface area contributed by atoms with Crippen LogP contribution >= 0.6 is 23.2 Å². The van der Waals surface area contributed by atoms with E-state index in [2.05, 4.69) is 4.98 Å². The molecule has 2 rings (SSSR count). The minimum atomic E-state index is 0.451. The summed E-state index contributed by atoms with van der Waals surface area (Å²) in [6, 6.07) is 7.40. The Morgan fingerprint density at radius 1 is 1.13 bits per heavy atom. The quantitative estimate of drug-likeness (QED) is 0.825. The number of pyridine rings is 1. The van der Waals surface area contributed by atoms with E-state index in [1.807, 2.05) is 18.2 Å². The number of anilines is 1. The van der Waals surface area contributed by atoms with Crippen molar-refractivity contribution < 1.29 is 0 Å². The highest BCUT2D eigenvalue weighted by molar-refractivity contribution is 6.33. The molecule has 2 aromatic rings. The van der Waals surface area contributed by atoms with Crippen LogP contribution in [-0.4, -0.2) is 4.98 Å². The van der Waals surface area contributed by atoms with Crippen LogP contribution in [0.15, 0.2) is 36.7 Å². The molecular formula is C11H8Cl2N2. The van der Waals surface area contributed by atoms with Crippen molar-refractivity contribution in [1.82, 2.24) is 4.98 Å². The molecule has 0 atom stereocenters. The van der Waals surface area contributed by atoms with Gasteiger partial charge < -0.3 is 5.73 Å². The molecule has 1 heterocycles. The average Bonchev–Trinajstić information content (AvgIpc) is 2.22. The standard InChI is InChI=1S/C11H8Cl2N2/c12-8-3-1-2-7(4-8)9-5-15-6-10(13)11(9)14/h1-6H,(H2,14,15). The second-order valence-corrected chi connectivity index (χ2v) is 3.94. The van der Waals surface area contributed by atoms with Crippen LogP contribution in [0, 0.1) is 0 Å². The fourth-order valence-corrected chi connectivity index (χ4v) is 1.68. The van der Waals surface area contributed by atoms with E-state index < -0.39 is 0 Å². The fraction of sp³-hybridized carbons (Fsp3) is 0. The highest BCUT2D eigenvalue weighted by Crippen LogP contribution is 2.31. The zero-order valence-electron chi connectivity index (χ0n) is 7.74. The number of nitrogen functional groups attached to an aromatic ring is 1. The molecule has 0 bridgehead atoms. The first kappa shape index (κ1) is 10.3. The van der Waals surface area contributed by atoms with Gasteiger partial charge in [-0.05, 0) is 17.7 Å². The van der Waals surface area contributed by atoms with Crippen LogP contribution < -0.4 is 5.73 Å². The largest absolute Gasteiger partial charge is 0.397 e. The SMILES string of the molecule is Nc1c(Cl)cncc1-c1cccc(Cl)c1. The van der Waals surface area contributed by atoms with Crippen LogP contribution in [-0.2, 0) is 0 Å². The Hall–Kier alpha value is -1.25. The highest BCUT2D eigenvalue weighted by Gasteiger charge is 2.06. The molecule has 4 heteroatoms. The van der Waals surface area contributed by atoms with Crippen LogP contribution in [0.2, 0.25) is 10.0 Å². The Bertz CT molecular complexity index is 498. The van der Waals surface area contributed by atoms with Crippen molar-refractivity contribution in [3.8, 4) is 11.1 Å². The molecule has 0 saturated heterocycles. The van der Waals surface area contributed by atoms with Gasteiger partial charge in [0.25, 0.3) is 0 Å². The van der Waals surface area contributed by atoms with Crippen LogP contribution in [0.3, 0.4) is 0 Å². The molecule has 0 unspecified atom stereocenters. The lowest BCUT2D eigenvalue weighted by Gasteiger charge is -2.06. The van der Waals surface area contributed by atoms with E-state index in [0.29, 0.717) is 15.7 Å². The second-order valence-electron chi connectivity index (χ2n) is 3.09. The van der Waals surface area contributed by atoms with Gasteiger partial charge in [-0.1, -0.05) is 35.3 Å². The minimum Gasteiger partial charge on any atom is -0.397 e. The van der Waals surface area contributed by atoms with Crippen molar-refractivity contribution in [3.05, 3.63) is 46.7 Å². The first-order valence-electron chi connectivity index (χ1n) is 4.33. The maximum atomic E-state index is 5.89. The van der Waals surface area contributed by atoms with Crippen LogP contribution in [0.25, 0.3) is 11.1 Å². The molecule has 0 aliphatic heterocycles. The summed E-state index contributed by atoms with van der Waals surface area (Å²) in [7, 11) is 0. The molecule has 0 amide bonds. The molecule has 0 radical (unpaired) electrons. The van der Waals surface area contributed by atoms with E-state index in [0.717, 1.165) is 11.1 Å². The van der Waals surface area contributed by atoms with Crippen molar-refractivity contribution in [1.29, 1.82) is 0 Å². The normalized spacial score (nSPS) is 10.3. The van der Waals surface area contributed by atoms with Crippen LogP contribution in [0.1, 0.15) is 0 Å². The molecule has 0 saturated carbocycles. The van der Waals surface area contributed by atoms with Gasteiger partial charge in [-0.25, -0.2) is 0 Å². The van der Waals surface area contributed by atoms with Crippen LogP contribution in [0.4, 0.5) is 5.69 Å². The number of hydrogen-bond acceptors (Lipinski definition) is 2. The molecular weight excluding hydrogens is 231 g/mol. The van der Waals surface area contributed by atoms with E-state index >= 15 is 0 Å². The number of aromatic nitrogens is 1. The van der Waals surface area contributed by atoms with E-state index in [1.54, 1.807) is 12.3 Å². The first-order chi connectivity index (χ1) is 7.18. The minimum absolute atomic E-state index is 0.451. The van der Waals surface area contributed by atoms with Gasteiger partial charge in [-0.15, -0.1) is 0 Å². The van der Waals surface area contributed by atoms with Crippen molar-refractivity contribution in [3.63, 3.8) is 0 Å². The number of halogens is 2. The molecule has 2 nitrogen and oxygen atoms in total. The third-order valence-corrected chi connectivity index (χ3v) is 2.61. The van der Waals surface area contributed by atoms with Gasteiger partial charge in [0.1, 0.15) is 0 Å². The summed E-state index contributed by atoms with van der Waals surface area (Å²) in [5.41, 5.74) is 8.08. The zero-order valence-corrected chi connectivity index (χ0v) is 9.26. The second kappa shape index (κ2) is 4.09. The maximum absolute atomic E-state index is 5.89. The lowest BCUT2D eigenvalue weighted by atomic mass is 10.1.